The number of rotatable bonds is 8. The molecule has 2 N–H and O–H groups in total. The summed E-state index contributed by atoms with van der Waals surface area (Å²) in [6.07, 6.45) is 6.17. The van der Waals surface area contributed by atoms with E-state index in [1.54, 1.807) is 0 Å². The molecule has 0 heterocycles. The van der Waals surface area contributed by atoms with Crippen LogP contribution >= 0.6 is 0 Å². The molecule has 1 aliphatic carbocycles. The van der Waals surface area contributed by atoms with Crippen LogP contribution < -0.4 is 10.6 Å². The van der Waals surface area contributed by atoms with Crippen LogP contribution in [-0.4, -0.2) is 31.3 Å². The van der Waals surface area contributed by atoms with E-state index in [1.807, 2.05) is 20.8 Å². The number of nitrogens with one attached hydrogen (secondary N) is 2. The summed E-state index contributed by atoms with van der Waals surface area (Å²) in [7, 11) is 0. The van der Waals surface area contributed by atoms with Crippen molar-refractivity contribution in [1.82, 2.24) is 10.6 Å². The average molecular weight is 256 g/mol. The summed E-state index contributed by atoms with van der Waals surface area (Å²) in [5, 5.41) is 6.16. The molecule has 0 unspecified atom stereocenters. The Kier molecular flexibility index (Phi) is 6.47. The highest BCUT2D eigenvalue weighted by atomic mass is 16.6. The van der Waals surface area contributed by atoms with Crippen LogP contribution in [0.3, 0.4) is 0 Å². The van der Waals surface area contributed by atoms with Crippen LogP contribution in [0, 0.1) is 5.92 Å². The van der Waals surface area contributed by atoms with Crippen LogP contribution in [0.1, 0.15) is 52.9 Å². The van der Waals surface area contributed by atoms with E-state index in [1.165, 1.54) is 25.7 Å². The number of hydrogen-bond donors (Lipinski definition) is 2. The largest absolute Gasteiger partial charge is 0.444 e. The summed E-state index contributed by atoms with van der Waals surface area (Å²) in [5.41, 5.74) is -0.412. The van der Waals surface area contributed by atoms with E-state index >= 15 is 0 Å². The van der Waals surface area contributed by atoms with Gasteiger partial charge in [0.25, 0.3) is 0 Å². The minimum Gasteiger partial charge on any atom is -0.444 e. The monoisotopic (exact) mass is 256 g/mol. The van der Waals surface area contributed by atoms with Crippen molar-refractivity contribution in [2.24, 2.45) is 5.92 Å². The lowest BCUT2D eigenvalue weighted by Gasteiger charge is -2.19. The summed E-state index contributed by atoms with van der Waals surface area (Å²) in [4.78, 5) is 11.3. The first-order valence-corrected chi connectivity index (χ1v) is 7.15. The number of alkyl carbamates (subject to hydrolysis) is 1. The number of ether oxygens (including phenoxy) is 1. The lowest BCUT2D eigenvalue weighted by molar-refractivity contribution is 0.0527. The molecule has 1 saturated carbocycles. The zero-order valence-electron chi connectivity index (χ0n) is 12.1. The third-order valence-corrected chi connectivity index (χ3v) is 2.86. The Hall–Kier alpha value is -0.770. The molecule has 0 saturated heterocycles. The lowest BCUT2D eigenvalue weighted by Crippen LogP contribution is -2.34. The van der Waals surface area contributed by atoms with E-state index in [0.717, 1.165) is 25.4 Å². The van der Waals surface area contributed by atoms with Gasteiger partial charge in [0, 0.05) is 6.54 Å². The van der Waals surface area contributed by atoms with Crippen molar-refractivity contribution in [2.45, 2.75) is 58.5 Å². The van der Waals surface area contributed by atoms with Crippen molar-refractivity contribution < 1.29 is 9.53 Å². The van der Waals surface area contributed by atoms with Crippen molar-refractivity contribution in [2.75, 3.05) is 19.6 Å². The molecule has 106 valence electrons. The molecule has 1 aliphatic rings. The van der Waals surface area contributed by atoms with Crippen molar-refractivity contribution in [3.63, 3.8) is 0 Å². The van der Waals surface area contributed by atoms with Gasteiger partial charge in [0.2, 0.25) is 0 Å². The Morgan fingerprint density at radius 1 is 1.17 bits per heavy atom. The van der Waals surface area contributed by atoms with Gasteiger partial charge < -0.3 is 15.4 Å². The van der Waals surface area contributed by atoms with E-state index in [-0.39, 0.29) is 6.09 Å². The van der Waals surface area contributed by atoms with Crippen molar-refractivity contribution >= 4 is 6.09 Å². The summed E-state index contributed by atoms with van der Waals surface area (Å²) >= 11 is 0. The fourth-order valence-corrected chi connectivity index (χ4v) is 1.77. The number of amides is 1. The van der Waals surface area contributed by atoms with E-state index in [0.29, 0.717) is 6.54 Å². The predicted octanol–water partition coefficient (Wildman–Crippen LogP) is 2.68. The molecule has 0 radical (unpaired) electrons. The Balaban J connectivity index is 1.81. The fraction of sp³-hybridized carbons (Fsp3) is 0.929. The molecule has 4 heteroatoms. The molecular weight excluding hydrogens is 228 g/mol. The number of hydrogen-bond acceptors (Lipinski definition) is 3. The van der Waals surface area contributed by atoms with Crippen LogP contribution in [-0.2, 0) is 4.74 Å². The normalized spacial score (nSPS) is 15.5. The summed E-state index contributed by atoms with van der Waals surface area (Å²) in [6, 6.07) is 0. The Labute approximate surface area is 111 Å². The Bertz CT molecular complexity index is 245. The summed E-state index contributed by atoms with van der Waals surface area (Å²) in [5.74, 6) is 1.03. The van der Waals surface area contributed by atoms with Crippen molar-refractivity contribution in [3.8, 4) is 0 Å². The van der Waals surface area contributed by atoms with Crippen molar-refractivity contribution in [1.29, 1.82) is 0 Å². The lowest BCUT2D eigenvalue weighted by atomic mass is 10.2. The van der Waals surface area contributed by atoms with E-state index < -0.39 is 5.60 Å². The highest BCUT2D eigenvalue weighted by Gasteiger charge is 2.19. The second-order valence-electron chi connectivity index (χ2n) is 6.12. The van der Waals surface area contributed by atoms with Gasteiger partial charge in [0.05, 0.1) is 0 Å². The van der Waals surface area contributed by atoms with Gasteiger partial charge in [-0.1, -0.05) is 12.8 Å². The topological polar surface area (TPSA) is 50.4 Å². The van der Waals surface area contributed by atoms with Gasteiger partial charge in [0.1, 0.15) is 5.60 Å². The van der Waals surface area contributed by atoms with Gasteiger partial charge in [-0.3, -0.25) is 0 Å². The summed E-state index contributed by atoms with van der Waals surface area (Å²) in [6.45, 7) is 8.34. The van der Waals surface area contributed by atoms with Gasteiger partial charge in [-0.2, -0.15) is 0 Å². The van der Waals surface area contributed by atoms with Crippen LogP contribution in [0.25, 0.3) is 0 Å². The van der Waals surface area contributed by atoms with Crippen LogP contribution in [0.15, 0.2) is 0 Å². The minimum atomic E-state index is -0.412. The maximum atomic E-state index is 11.3. The first-order chi connectivity index (χ1) is 8.47. The molecule has 0 aromatic carbocycles. The van der Waals surface area contributed by atoms with Crippen molar-refractivity contribution in [3.05, 3.63) is 0 Å². The molecule has 0 atom stereocenters. The van der Waals surface area contributed by atoms with Gasteiger partial charge >= 0.3 is 6.09 Å². The van der Waals surface area contributed by atoms with Gasteiger partial charge in [0.15, 0.2) is 0 Å². The molecule has 0 aromatic rings. The third kappa shape index (κ3) is 9.28. The SMILES string of the molecule is CC(C)(C)OC(=O)NCCCNCCCC1CC1. The molecule has 0 aromatic heterocycles. The standard InChI is InChI=1S/C14H28N2O2/c1-14(2,3)18-13(17)16-11-5-10-15-9-4-6-12-7-8-12/h12,15H,4-11H2,1-3H3,(H,16,17). The maximum absolute atomic E-state index is 11.3. The maximum Gasteiger partial charge on any atom is 0.407 e. The molecule has 1 amide bonds. The van der Waals surface area contributed by atoms with Crippen LogP contribution in [0.5, 0.6) is 0 Å². The molecule has 1 fully saturated rings. The second-order valence-corrected chi connectivity index (χ2v) is 6.12. The van der Waals surface area contributed by atoms with Gasteiger partial charge in [-0.05, 0) is 59.0 Å². The molecule has 18 heavy (non-hydrogen) atoms. The van der Waals surface area contributed by atoms with E-state index in [9.17, 15) is 4.79 Å². The summed E-state index contributed by atoms with van der Waals surface area (Å²) < 4.78 is 5.15. The molecule has 1 rings (SSSR count). The van der Waals surface area contributed by atoms with Gasteiger partial charge in [-0.25, -0.2) is 4.79 Å². The highest BCUT2D eigenvalue weighted by Crippen LogP contribution is 2.33. The fourth-order valence-electron chi connectivity index (χ4n) is 1.77. The van der Waals surface area contributed by atoms with Gasteiger partial charge in [-0.15, -0.1) is 0 Å². The second kappa shape index (κ2) is 7.62. The van der Waals surface area contributed by atoms with Crippen LogP contribution in [0.4, 0.5) is 4.79 Å². The Morgan fingerprint density at radius 3 is 2.44 bits per heavy atom. The van der Waals surface area contributed by atoms with Crippen LogP contribution in [0.2, 0.25) is 0 Å². The zero-order chi connectivity index (χ0) is 13.4. The third-order valence-electron chi connectivity index (χ3n) is 2.86. The highest BCUT2D eigenvalue weighted by molar-refractivity contribution is 5.67. The molecular formula is C14H28N2O2. The molecule has 0 aliphatic heterocycles. The molecule has 4 nitrogen and oxygen atoms in total. The first-order valence-electron chi connectivity index (χ1n) is 7.15. The zero-order valence-corrected chi connectivity index (χ0v) is 12.1. The first kappa shape index (κ1) is 15.3. The minimum absolute atomic E-state index is 0.323. The predicted molar refractivity (Wildman–Crippen MR) is 73.7 cm³/mol. The molecule has 0 spiro atoms. The molecule has 0 bridgehead atoms. The number of carbonyl (C=O) groups is 1. The average Bonchev–Trinajstić information content (AvgIpc) is 3.03. The Morgan fingerprint density at radius 2 is 1.83 bits per heavy atom. The quantitative estimate of drug-likeness (QED) is 0.656. The smallest absolute Gasteiger partial charge is 0.407 e. The number of carbonyl (C=O) groups excluding carboxylic acids is 1. The van der Waals surface area contributed by atoms with E-state index in [2.05, 4.69) is 10.6 Å². The van der Waals surface area contributed by atoms with E-state index in [4.69, 9.17) is 4.74 Å².